The third-order valence-corrected chi connectivity index (χ3v) is 5.97. The minimum absolute atomic E-state index is 0.151. The van der Waals surface area contributed by atoms with Gasteiger partial charge in [-0.3, -0.25) is 9.59 Å². The zero-order valence-electron chi connectivity index (χ0n) is 20.7. The van der Waals surface area contributed by atoms with E-state index in [0.29, 0.717) is 11.3 Å². The van der Waals surface area contributed by atoms with Crippen molar-refractivity contribution in [2.45, 2.75) is 71.6 Å². The lowest BCUT2D eigenvalue weighted by Gasteiger charge is -2.10. The first-order valence-corrected chi connectivity index (χ1v) is 12.7. The van der Waals surface area contributed by atoms with E-state index in [1.165, 1.54) is 31.2 Å². The van der Waals surface area contributed by atoms with Gasteiger partial charge in [-0.25, -0.2) is 4.79 Å². The number of aryl methyl sites for hydroxylation is 1. The molecule has 0 aliphatic heterocycles. The van der Waals surface area contributed by atoms with Crippen LogP contribution in [0.2, 0.25) is 0 Å². The van der Waals surface area contributed by atoms with E-state index in [2.05, 4.69) is 19.2 Å². The minimum Gasteiger partial charge on any atom is -0.460 e. The van der Waals surface area contributed by atoms with Crippen LogP contribution in [0, 0.1) is 0 Å². The van der Waals surface area contributed by atoms with Crippen LogP contribution < -0.4 is 10.7 Å². The number of benzene rings is 2. The van der Waals surface area contributed by atoms with Crippen molar-refractivity contribution in [1.82, 2.24) is 0 Å². The van der Waals surface area contributed by atoms with Crippen molar-refractivity contribution < 1.29 is 18.7 Å². The molecule has 0 bridgehead atoms. The van der Waals surface area contributed by atoms with Gasteiger partial charge in [0, 0.05) is 11.6 Å². The third kappa shape index (κ3) is 7.54. The summed E-state index contributed by atoms with van der Waals surface area (Å²) in [6.45, 7) is 4.53. The molecule has 2 aromatic carbocycles. The maximum absolute atomic E-state index is 12.9. The molecule has 0 aliphatic carbocycles. The van der Waals surface area contributed by atoms with Crippen molar-refractivity contribution in [3.63, 3.8) is 0 Å². The molecule has 0 unspecified atom stereocenters. The van der Waals surface area contributed by atoms with E-state index in [1.807, 2.05) is 12.1 Å². The van der Waals surface area contributed by atoms with Gasteiger partial charge in [-0.2, -0.15) is 0 Å². The van der Waals surface area contributed by atoms with Crippen LogP contribution in [0.3, 0.4) is 0 Å². The first kappa shape index (κ1) is 26.2. The molecule has 6 nitrogen and oxygen atoms in total. The number of hydrogen-bond acceptors (Lipinski definition) is 5. The van der Waals surface area contributed by atoms with Crippen molar-refractivity contribution in [1.29, 1.82) is 0 Å². The Morgan fingerprint density at radius 1 is 0.886 bits per heavy atom. The molecule has 1 amide bonds. The zero-order chi connectivity index (χ0) is 25.0. The van der Waals surface area contributed by atoms with Crippen LogP contribution in [-0.4, -0.2) is 18.5 Å². The second kappa shape index (κ2) is 13.5. The first-order chi connectivity index (χ1) is 17.0. The number of amides is 1. The molecule has 1 N–H and O–H groups in total. The molecule has 3 rings (SSSR count). The number of rotatable bonds is 13. The normalized spacial score (nSPS) is 10.9. The number of unbranched alkanes of at least 4 members (excludes halogenated alkanes) is 6. The molecule has 6 heteroatoms. The lowest BCUT2D eigenvalue weighted by Crippen LogP contribution is -2.14. The number of anilines is 1. The van der Waals surface area contributed by atoms with Gasteiger partial charge in [0.25, 0.3) is 5.91 Å². The predicted octanol–water partition coefficient (Wildman–Crippen LogP) is 6.91. The molecular weight excluding hydrogens is 442 g/mol. The van der Waals surface area contributed by atoms with Crippen molar-refractivity contribution in [2.75, 3.05) is 11.9 Å². The van der Waals surface area contributed by atoms with E-state index in [1.54, 1.807) is 30.3 Å². The summed E-state index contributed by atoms with van der Waals surface area (Å²) in [7, 11) is 0. The van der Waals surface area contributed by atoms with Crippen molar-refractivity contribution >= 4 is 28.5 Å². The summed E-state index contributed by atoms with van der Waals surface area (Å²) in [5.41, 5.74) is 1.82. The summed E-state index contributed by atoms with van der Waals surface area (Å²) < 4.78 is 11.0. The highest BCUT2D eigenvalue weighted by Gasteiger charge is 2.17. The van der Waals surface area contributed by atoms with Gasteiger partial charge >= 0.3 is 5.97 Å². The predicted molar refractivity (Wildman–Crippen MR) is 139 cm³/mol. The van der Waals surface area contributed by atoms with Crippen LogP contribution in [0.4, 0.5) is 5.69 Å². The Labute approximate surface area is 206 Å². The molecule has 0 atom stereocenters. The van der Waals surface area contributed by atoms with Gasteiger partial charge in [0.2, 0.25) is 5.76 Å². The molecule has 3 aromatic rings. The van der Waals surface area contributed by atoms with Crippen LogP contribution in [0.1, 0.15) is 91.7 Å². The molecule has 0 aliphatic rings. The van der Waals surface area contributed by atoms with Gasteiger partial charge in [0.1, 0.15) is 0 Å². The average molecular weight is 478 g/mol. The van der Waals surface area contributed by atoms with Gasteiger partial charge in [-0.15, -0.1) is 0 Å². The Bertz CT molecular complexity index is 1180. The fraction of sp³-hybridized carbons (Fsp3) is 0.414. The fourth-order valence-electron chi connectivity index (χ4n) is 3.91. The van der Waals surface area contributed by atoms with Gasteiger partial charge in [-0.05, 0) is 49.1 Å². The lowest BCUT2D eigenvalue weighted by molar-refractivity contribution is 0.0462. The smallest absolute Gasteiger partial charge is 0.374 e. The Morgan fingerprint density at radius 2 is 1.60 bits per heavy atom. The van der Waals surface area contributed by atoms with Crippen LogP contribution in [0.15, 0.2) is 57.7 Å². The van der Waals surface area contributed by atoms with E-state index in [-0.39, 0.29) is 34.7 Å². The van der Waals surface area contributed by atoms with Crippen LogP contribution in [-0.2, 0) is 11.2 Å². The van der Waals surface area contributed by atoms with Crippen LogP contribution >= 0.6 is 0 Å². The fourth-order valence-corrected chi connectivity index (χ4v) is 3.91. The molecule has 0 radical (unpaired) electrons. The second-order valence-corrected chi connectivity index (χ2v) is 8.82. The largest absolute Gasteiger partial charge is 0.460 e. The van der Waals surface area contributed by atoms with E-state index < -0.39 is 5.97 Å². The van der Waals surface area contributed by atoms with Crippen molar-refractivity contribution in [3.8, 4) is 0 Å². The van der Waals surface area contributed by atoms with Gasteiger partial charge in [0.15, 0.2) is 11.0 Å². The number of nitrogens with one attached hydrogen (secondary N) is 1. The number of hydrogen-bond donors (Lipinski definition) is 1. The minimum atomic E-state index is -0.688. The van der Waals surface area contributed by atoms with Crippen molar-refractivity contribution in [3.05, 3.63) is 75.6 Å². The highest BCUT2D eigenvalue weighted by molar-refractivity contribution is 6.08. The third-order valence-electron chi connectivity index (χ3n) is 5.97. The van der Waals surface area contributed by atoms with E-state index >= 15 is 0 Å². The van der Waals surface area contributed by atoms with Gasteiger partial charge < -0.3 is 14.5 Å². The Hall–Kier alpha value is -3.41. The van der Waals surface area contributed by atoms with E-state index in [0.717, 1.165) is 38.2 Å². The van der Waals surface area contributed by atoms with Crippen molar-refractivity contribution in [2.24, 2.45) is 0 Å². The lowest BCUT2D eigenvalue weighted by atomic mass is 10.0. The molecule has 0 fully saturated rings. The highest BCUT2D eigenvalue weighted by atomic mass is 16.5. The number of carbonyl (C=O) groups is 2. The standard InChI is InChI=1S/C29H35NO5/c1-3-5-7-8-9-12-21-15-17-22(18-16-21)28(32)30-24-14-11-13-23-25(31)20-26(35-27(23)24)29(33)34-19-10-6-4-2/h11,13-18,20H,3-10,12,19H2,1-2H3,(H,30,32). The number of esters is 1. The highest BCUT2D eigenvalue weighted by Crippen LogP contribution is 2.23. The molecule has 186 valence electrons. The quantitative estimate of drug-likeness (QED) is 0.214. The van der Waals surface area contributed by atoms with E-state index in [9.17, 15) is 14.4 Å². The summed E-state index contributed by atoms with van der Waals surface area (Å²) in [5.74, 6) is -1.18. The summed E-state index contributed by atoms with van der Waals surface area (Å²) in [6.07, 6.45) is 9.83. The maximum Gasteiger partial charge on any atom is 0.374 e. The summed E-state index contributed by atoms with van der Waals surface area (Å²) in [5, 5.41) is 3.10. The molecule has 0 saturated heterocycles. The maximum atomic E-state index is 12.9. The number of ether oxygens (including phenoxy) is 1. The van der Waals surface area contributed by atoms with E-state index in [4.69, 9.17) is 9.15 Å². The zero-order valence-corrected chi connectivity index (χ0v) is 20.7. The number of fused-ring (bicyclic) bond motifs is 1. The SMILES string of the molecule is CCCCCCCc1ccc(C(=O)Nc2cccc3c(=O)cc(C(=O)OCCCCC)oc23)cc1. The first-order valence-electron chi connectivity index (χ1n) is 12.7. The molecular formula is C29H35NO5. The Morgan fingerprint density at radius 3 is 2.34 bits per heavy atom. The summed E-state index contributed by atoms with van der Waals surface area (Å²) in [6, 6.07) is 13.6. The van der Waals surface area contributed by atoms with Crippen LogP contribution in [0.25, 0.3) is 11.0 Å². The van der Waals surface area contributed by atoms with Gasteiger partial charge in [-0.1, -0.05) is 70.6 Å². The van der Waals surface area contributed by atoms with Crippen LogP contribution in [0.5, 0.6) is 0 Å². The molecule has 1 heterocycles. The number of carbonyl (C=O) groups excluding carboxylic acids is 2. The topological polar surface area (TPSA) is 85.6 Å². The summed E-state index contributed by atoms with van der Waals surface area (Å²) in [4.78, 5) is 37.9. The second-order valence-electron chi connectivity index (χ2n) is 8.82. The molecule has 35 heavy (non-hydrogen) atoms. The van der Waals surface area contributed by atoms with Gasteiger partial charge in [0.05, 0.1) is 17.7 Å². The Balaban J connectivity index is 1.71. The monoisotopic (exact) mass is 477 g/mol. The average Bonchev–Trinajstić information content (AvgIpc) is 2.87. The summed E-state index contributed by atoms with van der Waals surface area (Å²) >= 11 is 0. The molecule has 1 aromatic heterocycles. The number of para-hydroxylation sites is 1. The molecule has 0 spiro atoms. The molecule has 0 saturated carbocycles. The Kier molecular flexibility index (Phi) is 10.1.